The van der Waals surface area contributed by atoms with Gasteiger partial charge in [0, 0.05) is 43.3 Å². The van der Waals surface area contributed by atoms with E-state index in [4.69, 9.17) is 9.47 Å². The Labute approximate surface area is 236 Å². The lowest BCUT2D eigenvalue weighted by atomic mass is 10.1. The second kappa shape index (κ2) is 12.4. The summed E-state index contributed by atoms with van der Waals surface area (Å²) < 4.78 is 37.7. The van der Waals surface area contributed by atoms with Crippen molar-refractivity contribution < 1.29 is 17.9 Å². The van der Waals surface area contributed by atoms with Crippen molar-refractivity contribution >= 4 is 50.6 Å². The standard InChI is InChI=1S/C28H37N7O4S/c1-7-19-17-21(9-10-22(19)29-13-14-34(3)4)31-28-30-18-20(8-2)27(33-28)32-23-11-12-24-26(39-16-15-38-24)25(23)35(5)40(6,36)37/h8-12,17-18,29H,2,7,13-16H2,1,3-6H3,(H2,30,31,32,33). The summed E-state index contributed by atoms with van der Waals surface area (Å²) in [6.45, 7) is 8.48. The van der Waals surface area contributed by atoms with Crippen LogP contribution in [0.3, 0.4) is 0 Å². The smallest absolute Gasteiger partial charge is 0.232 e. The van der Waals surface area contributed by atoms with Gasteiger partial charge in [-0.1, -0.05) is 19.6 Å². The maximum atomic E-state index is 12.5. The van der Waals surface area contributed by atoms with Gasteiger partial charge >= 0.3 is 0 Å². The number of aromatic nitrogens is 2. The van der Waals surface area contributed by atoms with Crippen LogP contribution in [0, 0.1) is 0 Å². The van der Waals surface area contributed by atoms with Crippen molar-refractivity contribution in [3.05, 3.63) is 54.2 Å². The molecule has 214 valence electrons. The van der Waals surface area contributed by atoms with Gasteiger partial charge in [-0.15, -0.1) is 0 Å². The van der Waals surface area contributed by atoms with Crippen LogP contribution >= 0.6 is 0 Å². The van der Waals surface area contributed by atoms with Gasteiger partial charge in [0.2, 0.25) is 16.0 Å². The number of likely N-dealkylation sites (N-methyl/N-ethyl adjacent to an activating group) is 1. The third kappa shape index (κ3) is 6.75. The van der Waals surface area contributed by atoms with Crippen molar-refractivity contribution in [2.24, 2.45) is 0 Å². The number of nitrogens with one attached hydrogen (secondary N) is 3. The van der Waals surface area contributed by atoms with E-state index < -0.39 is 10.0 Å². The summed E-state index contributed by atoms with van der Waals surface area (Å²) in [6.07, 6.45) is 5.28. The van der Waals surface area contributed by atoms with Gasteiger partial charge in [-0.3, -0.25) is 4.31 Å². The van der Waals surface area contributed by atoms with Crippen molar-refractivity contribution in [2.75, 3.05) is 74.0 Å². The second-order valence-electron chi connectivity index (χ2n) is 9.62. The minimum absolute atomic E-state index is 0.310. The van der Waals surface area contributed by atoms with Gasteiger partial charge in [0.15, 0.2) is 11.5 Å². The number of ether oxygens (including phenoxy) is 2. The lowest BCUT2D eigenvalue weighted by Crippen LogP contribution is -2.28. The Bertz CT molecular complexity index is 1480. The van der Waals surface area contributed by atoms with E-state index in [0.717, 1.165) is 41.4 Å². The fourth-order valence-corrected chi connectivity index (χ4v) is 4.70. The molecule has 0 spiro atoms. The number of hydrogen-bond donors (Lipinski definition) is 3. The third-order valence-electron chi connectivity index (χ3n) is 6.40. The van der Waals surface area contributed by atoms with E-state index in [1.54, 1.807) is 24.4 Å². The number of fused-ring (bicyclic) bond motifs is 1. The summed E-state index contributed by atoms with van der Waals surface area (Å²) in [7, 11) is 1.97. The maximum absolute atomic E-state index is 12.5. The summed E-state index contributed by atoms with van der Waals surface area (Å²) in [5.41, 5.74) is 4.57. The highest BCUT2D eigenvalue weighted by Gasteiger charge is 2.27. The first kappa shape index (κ1) is 29.0. The van der Waals surface area contributed by atoms with Gasteiger partial charge in [0.1, 0.15) is 24.7 Å². The molecule has 0 amide bonds. The molecule has 0 saturated heterocycles. The molecule has 3 N–H and O–H groups in total. The topological polar surface area (TPSA) is 121 Å². The molecule has 0 bridgehead atoms. The van der Waals surface area contributed by atoms with Crippen molar-refractivity contribution in [3.8, 4) is 11.5 Å². The summed E-state index contributed by atoms with van der Waals surface area (Å²) in [6, 6.07) is 9.59. The minimum Gasteiger partial charge on any atom is -0.486 e. The molecule has 0 atom stereocenters. The molecule has 0 unspecified atom stereocenters. The van der Waals surface area contributed by atoms with Crippen molar-refractivity contribution in [2.45, 2.75) is 13.3 Å². The number of aryl methyl sites for hydroxylation is 1. The van der Waals surface area contributed by atoms with E-state index in [9.17, 15) is 8.42 Å². The Morgan fingerprint density at radius 3 is 2.52 bits per heavy atom. The first-order chi connectivity index (χ1) is 19.1. The second-order valence-corrected chi connectivity index (χ2v) is 11.6. The molecule has 40 heavy (non-hydrogen) atoms. The first-order valence-electron chi connectivity index (χ1n) is 13.0. The zero-order valence-electron chi connectivity index (χ0n) is 23.6. The molecule has 1 aliphatic rings. The van der Waals surface area contributed by atoms with Gasteiger partial charge in [0.25, 0.3) is 0 Å². The molecule has 4 rings (SSSR count). The molecule has 2 heterocycles. The Morgan fingerprint density at radius 1 is 1.07 bits per heavy atom. The lowest BCUT2D eigenvalue weighted by molar-refractivity contribution is 0.172. The van der Waals surface area contributed by atoms with Crippen LogP contribution in [0.1, 0.15) is 18.1 Å². The molecule has 0 saturated carbocycles. The molecule has 2 aromatic carbocycles. The van der Waals surface area contributed by atoms with Crippen LogP contribution in [0.5, 0.6) is 11.5 Å². The predicted molar refractivity (Wildman–Crippen MR) is 162 cm³/mol. The zero-order valence-corrected chi connectivity index (χ0v) is 24.4. The van der Waals surface area contributed by atoms with Crippen LogP contribution < -0.4 is 29.7 Å². The average molecular weight is 568 g/mol. The predicted octanol–water partition coefficient (Wildman–Crippen LogP) is 4.31. The molecule has 1 aromatic heterocycles. The molecular weight excluding hydrogens is 530 g/mol. The van der Waals surface area contributed by atoms with E-state index in [-0.39, 0.29) is 0 Å². The highest BCUT2D eigenvalue weighted by Crippen LogP contribution is 2.46. The Morgan fingerprint density at radius 2 is 1.82 bits per heavy atom. The Balaban J connectivity index is 1.64. The summed E-state index contributed by atoms with van der Waals surface area (Å²) in [5, 5.41) is 10.0. The summed E-state index contributed by atoms with van der Waals surface area (Å²) in [4.78, 5) is 11.3. The molecule has 11 nitrogen and oxygen atoms in total. The van der Waals surface area contributed by atoms with Gasteiger partial charge in [-0.25, -0.2) is 13.4 Å². The van der Waals surface area contributed by atoms with E-state index in [2.05, 4.69) is 70.5 Å². The Kier molecular flexibility index (Phi) is 9.00. The maximum Gasteiger partial charge on any atom is 0.232 e. The SMILES string of the molecule is C=Cc1cnc(Nc2ccc(NCCN(C)C)c(CC)c2)nc1Nc1ccc2c(c1N(C)S(C)(=O)=O)OCCO2. The molecule has 0 radical (unpaired) electrons. The normalized spacial score (nSPS) is 12.7. The number of benzene rings is 2. The van der Waals surface area contributed by atoms with Gasteiger partial charge < -0.3 is 30.3 Å². The molecule has 12 heteroatoms. The number of sulfonamides is 1. The molecule has 0 aliphatic carbocycles. The van der Waals surface area contributed by atoms with Crippen LogP contribution in [0.4, 0.5) is 34.5 Å². The highest BCUT2D eigenvalue weighted by molar-refractivity contribution is 7.92. The zero-order chi connectivity index (χ0) is 28.9. The van der Waals surface area contributed by atoms with Crippen LogP contribution in [-0.2, 0) is 16.4 Å². The van der Waals surface area contributed by atoms with Crippen LogP contribution in [0.25, 0.3) is 6.08 Å². The average Bonchev–Trinajstić information content (AvgIpc) is 2.92. The lowest BCUT2D eigenvalue weighted by Gasteiger charge is -2.28. The minimum atomic E-state index is -3.60. The van der Waals surface area contributed by atoms with E-state index >= 15 is 0 Å². The highest BCUT2D eigenvalue weighted by atomic mass is 32.2. The summed E-state index contributed by atoms with van der Waals surface area (Å²) >= 11 is 0. The number of nitrogens with zero attached hydrogens (tertiary/aromatic N) is 4. The third-order valence-corrected chi connectivity index (χ3v) is 7.58. The number of anilines is 6. The van der Waals surface area contributed by atoms with Gasteiger partial charge in [-0.05, 0) is 56.4 Å². The quantitative estimate of drug-likeness (QED) is 0.292. The summed E-state index contributed by atoms with van der Waals surface area (Å²) in [5.74, 6) is 1.65. The van der Waals surface area contributed by atoms with E-state index in [1.165, 1.54) is 12.6 Å². The van der Waals surface area contributed by atoms with Crippen LogP contribution in [0.15, 0.2) is 43.1 Å². The molecular formula is C28H37N7O4S. The molecule has 1 aliphatic heterocycles. The van der Waals surface area contributed by atoms with E-state index in [1.807, 2.05) is 6.07 Å². The largest absolute Gasteiger partial charge is 0.486 e. The monoisotopic (exact) mass is 567 g/mol. The van der Waals surface area contributed by atoms with Gasteiger partial charge in [0.05, 0.1) is 11.9 Å². The number of rotatable bonds is 12. The Hall–Kier alpha value is -4.03. The van der Waals surface area contributed by atoms with Crippen molar-refractivity contribution in [1.82, 2.24) is 14.9 Å². The molecule has 0 fully saturated rings. The first-order valence-corrected chi connectivity index (χ1v) is 14.9. The molecule has 3 aromatic rings. The fraction of sp³-hybridized carbons (Fsp3) is 0.357. The van der Waals surface area contributed by atoms with Gasteiger partial charge in [-0.2, -0.15) is 4.98 Å². The van der Waals surface area contributed by atoms with Crippen LogP contribution in [0.2, 0.25) is 0 Å². The van der Waals surface area contributed by atoms with Crippen LogP contribution in [-0.4, -0.2) is 77.0 Å². The van der Waals surface area contributed by atoms with Crippen molar-refractivity contribution in [1.29, 1.82) is 0 Å². The van der Waals surface area contributed by atoms with E-state index in [0.29, 0.717) is 53.4 Å². The van der Waals surface area contributed by atoms with Crippen molar-refractivity contribution in [3.63, 3.8) is 0 Å². The fourth-order valence-electron chi connectivity index (χ4n) is 4.19. The number of hydrogen-bond acceptors (Lipinski definition) is 10.